The average Bonchev–Trinajstić information content (AvgIpc) is 2.61. The van der Waals surface area contributed by atoms with Gasteiger partial charge in [-0.05, 0) is 31.0 Å². The lowest BCUT2D eigenvalue weighted by Gasteiger charge is -2.17. The van der Waals surface area contributed by atoms with Crippen molar-refractivity contribution in [2.45, 2.75) is 26.4 Å². The van der Waals surface area contributed by atoms with Crippen LogP contribution in [0.3, 0.4) is 0 Å². The number of hydrogen-bond acceptors (Lipinski definition) is 7. The van der Waals surface area contributed by atoms with Crippen molar-refractivity contribution in [3.63, 3.8) is 0 Å². The van der Waals surface area contributed by atoms with E-state index in [9.17, 15) is 5.11 Å². The molecule has 1 aromatic carbocycles. The van der Waals surface area contributed by atoms with E-state index in [0.717, 1.165) is 17.7 Å². The molecule has 2 aromatic rings. The molecule has 1 aromatic heterocycles. The molecule has 0 fully saturated rings. The molecule has 0 aliphatic rings. The van der Waals surface area contributed by atoms with Gasteiger partial charge in [0.2, 0.25) is 5.95 Å². The third kappa shape index (κ3) is 4.05. The summed E-state index contributed by atoms with van der Waals surface area (Å²) in [6.07, 6.45) is 0.0118. The quantitative estimate of drug-likeness (QED) is 0.713. The molecule has 0 radical (unpaired) electrons. The first-order valence-electron chi connectivity index (χ1n) is 7.76. The summed E-state index contributed by atoms with van der Waals surface area (Å²) in [5, 5.41) is 13.6. The summed E-state index contributed by atoms with van der Waals surface area (Å²) in [6, 6.07) is 5.30. The zero-order valence-electron chi connectivity index (χ0n) is 14.5. The van der Waals surface area contributed by atoms with E-state index in [4.69, 9.17) is 15.2 Å². The second-order valence-electron chi connectivity index (χ2n) is 5.40. The average molecular weight is 332 g/mol. The van der Waals surface area contributed by atoms with Crippen LogP contribution in [-0.2, 0) is 6.42 Å². The van der Waals surface area contributed by atoms with Crippen LogP contribution in [0.5, 0.6) is 11.5 Å². The van der Waals surface area contributed by atoms with Crippen molar-refractivity contribution in [3.8, 4) is 11.5 Å². The van der Waals surface area contributed by atoms with Crippen LogP contribution < -0.4 is 20.5 Å². The number of rotatable bonds is 7. The number of aliphatic hydroxyl groups excluding tert-OH is 1. The summed E-state index contributed by atoms with van der Waals surface area (Å²) in [5.41, 5.74) is 8.25. The standard InChI is InChI=1S/C17H24N4O3/c1-5-14-10(2)16(21-17(18)20-14)19-9-15(22)11-6-12(23-3)8-13(7-11)24-4/h6-8,15,22H,5,9H2,1-4H3,(H3,18,19,20,21)/t15-/m1/s1. The van der Waals surface area contributed by atoms with Gasteiger partial charge in [0.05, 0.1) is 26.0 Å². The summed E-state index contributed by atoms with van der Waals surface area (Å²) in [4.78, 5) is 8.42. The number of benzene rings is 1. The number of nitrogens with two attached hydrogens (primary N) is 1. The van der Waals surface area contributed by atoms with Crippen molar-refractivity contribution in [3.05, 3.63) is 35.0 Å². The highest BCUT2D eigenvalue weighted by atomic mass is 16.5. The van der Waals surface area contributed by atoms with Gasteiger partial charge in [-0.3, -0.25) is 0 Å². The molecule has 0 amide bonds. The Morgan fingerprint density at radius 2 is 1.79 bits per heavy atom. The van der Waals surface area contributed by atoms with Crippen LogP contribution in [0.4, 0.5) is 11.8 Å². The van der Waals surface area contributed by atoms with E-state index in [2.05, 4.69) is 15.3 Å². The van der Waals surface area contributed by atoms with Gasteiger partial charge in [-0.1, -0.05) is 6.92 Å². The second-order valence-corrected chi connectivity index (χ2v) is 5.40. The maximum absolute atomic E-state index is 10.5. The fourth-order valence-electron chi connectivity index (χ4n) is 2.43. The Bertz CT molecular complexity index is 684. The highest BCUT2D eigenvalue weighted by Gasteiger charge is 2.13. The Hall–Kier alpha value is -2.54. The van der Waals surface area contributed by atoms with Crippen LogP contribution in [0, 0.1) is 6.92 Å². The number of hydrogen-bond donors (Lipinski definition) is 3. The number of aromatic nitrogens is 2. The van der Waals surface area contributed by atoms with Crippen LogP contribution in [0.25, 0.3) is 0 Å². The lowest BCUT2D eigenvalue weighted by atomic mass is 10.1. The molecule has 0 spiro atoms. The van der Waals surface area contributed by atoms with Crippen LogP contribution in [-0.4, -0.2) is 35.8 Å². The highest BCUT2D eigenvalue weighted by molar-refractivity contribution is 5.49. The first-order chi connectivity index (χ1) is 11.5. The van der Waals surface area contributed by atoms with Gasteiger partial charge in [0, 0.05) is 18.2 Å². The van der Waals surface area contributed by atoms with Crippen molar-refractivity contribution in [2.24, 2.45) is 0 Å². The van der Waals surface area contributed by atoms with Crippen molar-refractivity contribution < 1.29 is 14.6 Å². The minimum atomic E-state index is -0.755. The van der Waals surface area contributed by atoms with E-state index in [-0.39, 0.29) is 12.5 Å². The molecule has 2 rings (SSSR count). The number of ether oxygens (including phenoxy) is 2. The number of nitrogen functional groups attached to an aromatic ring is 1. The first-order valence-corrected chi connectivity index (χ1v) is 7.76. The van der Waals surface area contributed by atoms with Crippen molar-refractivity contribution >= 4 is 11.8 Å². The van der Waals surface area contributed by atoms with Crippen molar-refractivity contribution in [1.29, 1.82) is 0 Å². The summed E-state index contributed by atoms with van der Waals surface area (Å²) in [6.45, 7) is 4.22. The molecule has 0 aliphatic carbocycles. The van der Waals surface area contributed by atoms with E-state index < -0.39 is 6.10 Å². The smallest absolute Gasteiger partial charge is 0.222 e. The van der Waals surface area contributed by atoms with E-state index in [1.807, 2.05) is 13.8 Å². The lowest BCUT2D eigenvalue weighted by Crippen LogP contribution is -2.16. The third-order valence-electron chi connectivity index (χ3n) is 3.82. The molecule has 7 nitrogen and oxygen atoms in total. The summed E-state index contributed by atoms with van der Waals surface area (Å²) in [7, 11) is 3.14. The van der Waals surface area contributed by atoms with Gasteiger partial charge < -0.3 is 25.6 Å². The van der Waals surface area contributed by atoms with Gasteiger partial charge >= 0.3 is 0 Å². The number of nitrogens with zero attached hydrogens (tertiary/aromatic N) is 2. The number of aliphatic hydroxyl groups is 1. The Balaban J connectivity index is 2.16. The Labute approximate surface area is 141 Å². The normalized spacial score (nSPS) is 11.9. The van der Waals surface area contributed by atoms with Gasteiger partial charge in [-0.2, -0.15) is 4.98 Å². The van der Waals surface area contributed by atoms with Gasteiger partial charge in [-0.25, -0.2) is 4.98 Å². The lowest BCUT2D eigenvalue weighted by molar-refractivity contribution is 0.190. The molecule has 0 saturated carbocycles. The molecule has 4 N–H and O–H groups in total. The van der Waals surface area contributed by atoms with Crippen LogP contribution in [0.1, 0.15) is 29.8 Å². The van der Waals surface area contributed by atoms with Crippen molar-refractivity contribution in [1.82, 2.24) is 9.97 Å². The Morgan fingerprint density at radius 1 is 1.17 bits per heavy atom. The molecule has 0 bridgehead atoms. The van der Waals surface area contributed by atoms with Gasteiger partial charge in [0.1, 0.15) is 17.3 Å². The molecule has 0 saturated heterocycles. The number of aryl methyl sites for hydroxylation is 1. The molecule has 7 heteroatoms. The van der Waals surface area contributed by atoms with Crippen molar-refractivity contribution in [2.75, 3.05) is 31.8 Å². The maximum Gasteiger partial charge on any atom is 0.222 e. The molecule has 0 aliphatic heterocycles. The van der Waals surface area contributed by atoms with Gasteiger partial charge in [0.25, 0.3) is 0 Å². The summed E-state index contributed by atoms with van der Waals surface area (Å²) < 4.78 is 10.5. The number of nitrogens with one attached hydrogen (secondary N) is 1. The van der Waals surface area contributed by atoms with Crippen LogP contribution in [0.15, 0.2) is 18.2 Å². The highest BCUT2D eigenvalue weighted by Crippen LogP contribution is 2.27. The molecule has 1 heterocycles. The Kier molecular flexibility index (Phi) is 5.81. The monoisotopic (exact) mass is 332 g/mol. The molecular formula is C17H24N4O3. The minimum Gasteiger partial charge on any atom is -0.497 e. The molecular weight excluding hydrogens is 308 g/mol. The second kappa shape index (κ2) is 7.83. The van der Waals surface area contributed by atoms with Crippen LogP contribution in [0.2, 0.25) is 0 Å². The fraction of sp³-hybridized carbons (Fsp3) is 0.412. The predicted octanol–water partition coefficient (Wildman–Crippen LogP) is 2.09. The van der Waals surface area contributed by atoms with Crippen LogP contribution >= 0.6 is 0 Å². The molecule has 1 atom stereocenters. The van der Waals surface area contributed by atoms with Gasteiger partial charge in [-0.15, -0.1) is 0 Å². The summed E-state index contributed by atoms with van der Waals surface area (Å²) >= 11 is 0. The summed E-state index contributed by atoms with van der Waals surface area (Å²) in [5.74, 6) is 2.10. The molecule has 0 unspecified atom stereocenters. The SMILES string of the molecule is CCc1nc(N)nc(NC[C@@H](O)c2cc(OC)cc(OC)c2)c1C. The fourth-order valence-corrected chi connectivity index (χ4v) is 2.43. The van der Waals surface area contributed by atoms with E-state index in [1.54, 1.807) is 32.4 Å². The largest absolute Gasteiger partial charge is 0.497 e. The third-order valence-corrected chi connectivity index (χ3v) is 3.82. The van der Waals surface area contributed by atoms with E-state index in [1.165, 1.54) is 0 Å². The number of anilines is 2. The Morgan fingerprint density at radius 3 is 2.33 bits per heavy atom. The number of methoxy groups -OCH3 is 2. The molecule has 24 heavy (non-hydrogen) atoms. The zero-order chi connectivity index (χ0) is 17.7. The zero-order valence-corrected chi connectivity index (χ0v) is 14.5. The van der Waals surface area contributed by atoms with Gasteiger partial charge in [0.15, 0.2) is 0 Å². The topological polar surface area (TPSA) is 103 Å². The van der Waals surface area contributed by atoms with E-state index >= 15 is 0 Å². The predicted molar refractivity (Wildman–Crippen MR) is 93.6 cm³/mol. The minimum absolute atomic E-state index is 0.220. The maximum atomic E-state index is 10.5. The van der Waals surface area contributed by atoms with E-state index in [0.29, 0.717) is 22.9 Å². The first kappa shape index (κ1) is 17.8. The molecule has 130 valence electrons.